The van der Waals surface area contributed by atoms with E-state index in [0.29, 0.717) is 11.5 Å². The summed E-state index contributed by atoms with van der Waals surface area (Å²) in [6.07, 6.45) is 0. The van der Waals surface area contributed by atoms with Crippen molar-refractivity contribution in [2.75, 3.05) is 0 Å². The van der Waals surface area contributed by atoms with Crippen molar-refractivity contribution in [2.45, 2.75) is 18.4 Å². The number of rotatable bonds is 4. The van der Waals surface area contributed by atoms with Gasteiger partial charge in [-0.05, 0) is 34.4 Å². The molecule has 1 atom stereocenters. The van der Waals surface area contributed by atoms with Crippen molar-refractivity contribution >= 4 is 21.6 Å². The monoisotopic (exact) mass is 294 g/mol. The van der Waals surface area contributed by atoms with Gasteiger partial charge in [0.2, 0.25) is 0 Å². The Morgan fingerprint density at radius 2 is 1.38 bits per heavy atom. The number of fused-ring (bicyclic) bond motifs is 1. The molecule has 0 fully saturated rings. The summed E-state index contributed by atoms with van der Waals surface area (Å²) in [6, 6.07) is 22.7. The van der Waals surface area contributed by atoms with Gasteiger partial charge in [0.1, 0.15) is 0 Å². The van der Waals surface area contributed by atoms with Crippen LogP contribution < -0.4 is 0 Å². The molecule has 21 heavy (non-hydrogen) atoms. The fourth-order valence-electron chi connectivity index (χ4n) is 2.59. The maximum atomic E-state index is 12.5. The Morgan fingerprint density at radius 1 is 0.762 bits per heavy atom. The zero-order valence-electron chi connectivity index (χ0n) is 12.1. The molecule has 0 unspecified atom stereocenters. The highest BCUT2D eigenvalue weighted by Gasteiger charge is 2.07. The van der Waals surface area contributed by atoms with Gasteiger partial charge in [0, 0.05) is 22.3 Å². The van der Waals surface area contributed by atoms with E-state index >= 15 is 0 Å². The normalized spacial score (nSPS) is 12.4. The van der Waals surface area contributed by atoms with Crippen molar-refractivity contribution in [3.05, 3.63) is 83.4 Å². The van der Waals surface area contributed by atoms with E-state index in [0.717, 1.165) is 0 Å². The SMILES string of the molecule is Cc1ccccc1C[S@](=O)Cc1cccc2ccccc12. The largest absolute Gasteiger partial charge is 0.259 e. The number of hydrogen-bond acceptors (Lipinski definition) is 1. The summed E-state index contributed by atoms with van der Waals surface area (Å²) >= 11 is 0. The second-order valence-electron chi connectivity index (χ2n) is 5.29. The first-order valence-corrected chi connectivity index (χ1v) is 8.59. The molecular weight excluding hydrogens is 276 g/mol. The highest BCUT2D eigenvalue weighted by Crippen LogP contribution is 2.21. The van der Waals surface area contributed by atoms with E-state index in [9.17, 15) is 4.21 Å². The van der Waals surface area contributed by atoms with E-state index in [2.05, 4.69) is 43.3 Å². The Hall–Kier alpha value is -1.93. The van der Waals surface area contributed by atoms with Crippen molar-refractivity contribution in [1.29, 1.82) is 0 Å². The van der Waals surface area contributed by atoms with Gasteiger partial charge in [0.25, 0.3) is 0 Å². The second kappa shape index (κ2) is 6.23. The fraction of sp³-hybridized carbons (Fsp3) is 0.158. The van der Waals surface area contributed by atoms with Crippen molar-refractivity contribution < 1.29 is 4.21 Å². The minimum Gasteiger partial charge on any atom is -0.259 e. The Bertz CT molecular complexity index is 787. The minimum absolute atomic E-state index is 0.607. The lowest BCUT2D eigenvalue weighted by Gasteiger charge is -2.08. The molecule has 3 aromatic carbocycles. The van der Waals surface area contributed by atoms with Crippen LogP contribution in [0.5, 0.6) is 0 Å². The molecule has 0 aliphatic heterocycles. The van der Waals surface area contributed by atoms with Crippen LogP contribution in [0.4, 0.5) is 0 Å². The lowest BCUT2D eigenvalue weighted by atomic mass is 10.1. The van der Waals surface area contributed by atoms with Gasteiger partial charge in [-0.15, -0.1) is 0 Å². The summed E-state index contributed by atoms with van der Waals surface area (Å²) in [5.41, 5.74) is 3.56. The Kier molecular flexibility index (Phi) is 4.16. The highest BCUT2D eigenvalue weighted by atomic mass is 32.2. The van der Waals surface area contributed by atoms with Gasteiger partial charge in [0.05, 0.1) is 0 Å². The number of aryl methyl sites for hydroxylation is 1. The van der Waals surface area contributed by atoms with Gasteiger partial charge in [-0.25, -0.2) is 0 Å². The van der Waals surface area contributed by atoms with E-state index in [1.54, 1.807) is 0 Å². The van der Waals surface area contributed by atoms with E-state index in [1.165, 1.54) is 27.5 Å². The van der Waals surface area contributed by atoms with Gasteiger partial charge in [-0.2, -0.15) is 0 Å². The summed E-state index contributed by atoms with van der Waals surface area (Å²) in [7, 11) is -0.888. The molecule has 106 valence electrons. The molecule has 2 heteroatoms. The molecule has 0 bridgehead atoms. The predicted molar refractivity (Wildman–Crippen MR) is 90.7 cm³/mol. The maximum absolute atomic E-state index is 12.5. The van der Waals surface area contributed by atoms with Crippen molar-refractivity contribution in [3.8, 4) is 0 Å². The topological polar surface area (TPSA) is 17.1 Å². The van der Waals surface area contributed by atoms with Gasteiger partial charge >= 0.3 is 0 Å². The zero-order valence-corrected chi connectivity index (χ0v) is 12.9. The van der Waals surface area contributed by atoms with E-state index in [4.69, 9.17) is 0 Å². The molecule has 0 aliphatic carbocycles. The zero-order chi connectivity index (χ0) is 14.7. The van der Waals surface area contributed by atoms with Crippen LogP contribution >= 0.6 is 0 Å². The fourth-order valence-corrected chi connectivity index (χ4v) is 3.96. The van der Waals surface area contributed by atoms with E-state index in [1.807, 2.05) is 30.3 Å². The van der Waals surface area contributed by atoms with Gasteiger partial charge < -0.3 is 0 Å². The first-order chi connectivity index (χ1) is 10.2. The summed E-state index contributed by atoms with van der Waals surface area (Å²) in [4.78, 5) is 0. The minimum atomic E-state index is -0.888. The molecule has 0 saturated carbocycles. The van der Waals surface area contributed by atoms with Crippen LogP contribution in [-0.4, -0.2) is 4.21 Å². The average molecular weight is 294 g/mol. The van der Waals surface area contributed by atoms with Gasteiger partial charge in [-0.3, -0.25) is 4.21 Å². The van der Waals surface area contributed by atoms with Crippen LogP contribution in [0.3, 0.4) is 0 Å². The molecule has 0 amide bonds. The molecule has 1 nitrogen and oxygen atoms in total. The van der Waals surface area contributed by atoms with Crippen molar-refractivity contribution in [3.63, 3.8) is 0 Å². The average Bonchev–Trinajstić information content (AvgIpc) is 2.50. The standard InChI is InChI=1S/C19H18OS/c1-15-7-2-3-9-17(15)13-21(20)14-18-11-6-10-16-8-4-5-12-19(16)18/h2-12H,13-14H2,1H3/t21-/m0/s1. The van der Waals surface area contributed by atoms with Crippen LogP contribution in [0.2, 0.25) is 0 Å². The molecule has 0 aliphatic rings. The van der Waals surface area contributed by atoms with Crippen molar-refractivity contribution in [1.82, 2.24) is 0 Å². The van der Waals surface area contributed by atoms with Crippen LogP contribution in [0, 0.1) is 6.92 Å². The quantitative estimate of drug-likeness (QED) is 0.687. The Morgan fingerprint density at radius 3 is 2.24 bits per heavy atom. The molecule has 0 N–H and O–H groups in total. The van der Waals surface area contributed by atoms with Crippen LogP contribution in [0.1, 0.15) is 16.7 Å². The third kappa shape index (κ3) is 3.22. The second-order valence-corrected chi connectivity index (χ2v) is 6.75. The van der Waals surface area contributed by atoms with Crippen molar-refractivity contribution in [2.24, 2.45) is 0 Å². The summed E-state index contributed by atoms with van der Waals surface area (Å²) < 4.78 is 12.5. The molecule has 3 aromatic rings. The van der Waals surface area contributed by atoms with Gasteiger partial charge in [-0.1, -0.05) is 66.7 Å². The predicted octanol–water partition coefficient (Wildman–Crippen LogP) is 4.60. The third-order valence-electron chi connectivity index (χ3n) is 3.77. The van der Waals surface area contributed by atoms with E-state index < -0.39 is 10.8 Å². The molecule has 0 saturated heterocycles. The number of benzene rings is 3. The maximum Gasteiger partial charge on any atom is 0.0495 e. The Balaban J connectivity index is 1.82. The van der Waals surface area contributed by atoms with E-state index in [-0.39, 0.29) is 0 Å². The smallest absolute Gasteiger partial charge is 0.0495 e. The number of hydrogen-bond donors (Lipinski definition) is 0. The molecule has 3 rings (SSSR count). The Labute approximate surface area is 128 Å². The first kappa shape index (κ1) is 14.0. The highest BCUT2D eigenvalue weighted by molar-refractivity contribution is 7.83. The third-order valence-corrected chi connectivity index (χ3v) is 5.04. The first-order valence-electron chi connectivity index (χ1n) is 7.10. The lowest BCUT2D eigenvalue weighted by molar-refractivity contribution is 0.682. The van der Waals surface area contributed by atoms with Crippen LogP contribution in [0.25, 0.3) is 10.8 Å². The molecule has 0 aromatic heterocycles. The summed E-state index contributed by atoms with van der Waals surface area (Å²) in [6.45, 7) is 2.07. The summed E-state index contributed by atoms with van der Waals surface area (Å²) in [5, 5.41) is 2.42. The van der Waals surface area contributed by atoms with Crippen LogP contribution in [-0.2, 0) is 22.3 Å². The van der Waals surface area contributed by atoms with Crippen LogP contribution in [0.15, 0.2) is 66.7 Å². The molecule has 0 radical (unpaired) electrons. The van der Waals surface area contributed by atoms with Gasteiger partial charge in [0.15, 0.2) is 0 Å². The summed E-state index contributed by atoms with van der Waals surface area (Å²) in [5.74, 6) is 1.23. The molecule has 0 heterocycles. The lowest BCUT2D eigenvalue weighted by Crippen LogP contribution is -2.01. The molecular formula is C19H18OS. The molecule has 0 spiro atoms.